The topological polar surface area (TPSA) is 70.2 Å². The van der Waals surface area contributed by atoms with E-state index in [0.29, 0.717) is 55.6 Å². The Morgan fingerprint density at radius 3 is 2.18 bits per heavy atom. The van der Waals surface area contributed by atoms with Crippen molar-refractivity contribution >= 4 is 23.5 Å². The van der Waals surface area contributed by atoms with Crippen LogP contribution in [-0.4, -0.2) is 71.4 Å². The van der Waals surface area contributed by atoms with Gasteiger partial charge in [-0.15, -0.1) is 0 Å². The number of aryl methyl sites for hydroxylation is 1. The van der Waals surface area contributed by atoms with Crippen LogP contribution < -0.4 is 0 Å². The fourth-order valence-corrected chi connectivity index (χ4v) is 5.51. The van der Waals surface area contributed by atoms with Crippen LogP contribution in [0.15, 0.2) is 30.0 Å². The number of amides is 3. The maximum absolute atomic E-state index is 13.8. The zero-order valence-corrected chi connectivity index (χ0v) is 20.2. The molecule has 3 aliphatic heterocycles. The second-order valence-electron chi connectivity index (χ2n) is 9.84. The van der Waals surface area contributed by atoms with Crippen LogP contribution >= 0.6 is 0 Å². The zero-order valence-electron chi connectivity index (χ0n) is 20.2. The lowest BCUT2D eigenvalue weighted by molar-refractivity contribution is -0.141. The quantitative estimate of drug-likeness (QED) is 0.651. The van der Waals surface area contributed by atoms with Gasteiger partial charge in [-0.1, -0.05) is 43.7 Å². The Morgan fingerprint density at radius 1 is 1.00 bits per heavy atom. The van der Waals surface area contributed by atoms with Crippen molar-refractivity contribution in [2.75, 3.05) is 32.8 Å². The SMILES string of the molecule is CCOC(=O)N1CCC(N2C(=O)C(c3ccc(C)cc3)=C(N3CC(C)CC(C)C3)C2=O)CC1. The summed E-state index contributed by atoms with van der Waals surface area (Å²) in [6.07, 6.45) is 1.93. The van der Waals surface area contributed by atoms with Crippen LogP contribution in [-0.2, 0) is 14.3 Å². The molecule has 2 fully saturated rings. The maximum atomic E-state index is 13.8. The van der Waals surface area contributed by atoms with Crippen LogP contribution in [0.4, 0.5) is 4.79 Å². The third-order valence-corrected chi connectivity index (χ3v) is 6.97. The Kier molecular flexibility index (Phi) is 6.77. The first kappa shape index (κ1) is 23.3. The lowest BCUT2D eigenvalue weighted by atomic mass is 9.91. The van der Waals surface area contributed by atoms with E-state index in [1.54, 1.807) is 11.8 Å². The number of carbonyl (C=O) groups excluding carboxylic acids is 3. The van der Waals surface area contributed by atoms with Gasteiger partial charge in [0.25, 0.3) is 11.8 Å². The molecule has 7 heteroatoms. The van der Waals surface area contributed by atoms with Crippen LogP contribution in [0.1, 0.15) is 51.2 Å². The Morgan fingerprint density at radius 2 is 1.61 bits per heavy atom. The van der Waals surface area contributed by atoms with Crippen molar-refractivity contribution in [2.24, 2.45) is 11.8 Å². The van der Waals surface area contributed by atoms with Gasteiger partial charge in [-0.05, 0) is 50.5 Å². The molecule has 2 saturated heterocycles. The molecular formula is C26H35N3O4. The van der Waals surface area contributed by atoms with E-state index in [1.807, 2.05) is 31.2 Å². The van der Waals surface area contributed by atoms with Crippen molar-refractivity contribution in [3.05, 3.63) is 41.1 Å². The molecule has 178 valence electrons. The summed E-state index contributed by atoms with van der Waals surface area (Å²) < 4.78 is 5.11. The minimum absolute atomic E-state index is 0.188. The lowest BCUT2D eigenvalue weighted by Gasteiger charge is -2.38. The van der Waals surface area contributed by atoms with E-state index in [-0.39, 0.29) is 23.9 Å². The van der Waals surface area contributed by atoms with Gasteiger partial charge < -0.3 is 14.5 Å². The highest BCUT2D eigenvalue weighted by Gasteiger charge is 2.46. The molecule has 0 aliphatic carbocycles. The van der Waals surface area contributed by atoms with Gasteiger partial charge in [0.05, 0.1) is 12.2 Å². The van der Waals surface area contributed by atoms with Gasteiger partial charge in [0, 0.05) is 32.2 Å². The highest BCUT2D eigenvalue weighted by atomic mass is 16.6. The van der Waals surface area contributed by atoms with Gasteiger partial charge in [-0.2, -0.15) is 0 Å². The standard InChI is InChI=1S/C26H35N3O4/c1-5-33-26(32)27-12-10-21(11-13-27)29-24(30)22(20-8-6-17(2)7-9-20)23(25(29)31)28-15-18(3)14-19(4)16-28/h6-9,18-19,21H,5,10-16H2,1-4H3. The minimum atomic E-state index is -0.328. The van der Waals surface area contributed by atoms with Gasteiger partial charge >= 0.3 is 6.09 Å². The molecule has 0 bridgehead atoms. The van der Waals surface area contributed by atoms with Crippen molar-refractivity contribution in [3.8, 4) is 0 Å². The molecule has 0 N–H and O–H groups in total. The van der Waals surface area contributed by atoms with Gasteiger partial charge in [0.15, 0.2) is 0 Å². The molecule has 4 rings (SSSR count). The van der Waals surface area contributed by atoms with Crippen molar-refractivity contribution in [1.29, 1.82) is 0 Å². The third kappa shape index (κ3) is 4.63. The highest BCUT2D eigenvalue weighted by Crippen LogP contribution is 2.37. The Balaban J connectivity index is 1.63. The smallest absolute Gasteiger partial charge is 0.409 e. The number of imide groups is 1. The van der Waals surface area contributed by atoms with E-state index >= 15 is 0 Å². The van der Waals surface area contributed by atoms with Crippen molar-refractivity contribution < 1.29 is 19.1 Å². The maximum Gasteiger partial charge on any atom is 0.409 e. The number of benzene rings is 1. The van der Waals surface area contributed by atoms with Crippen LogP contribution in [0, 0.1) is 18.8 Å². The summed E-state index contributed by atoms with van der Waals surface area (Å²) in [5.41, 5.74) is 2.98. The van der Waals surface area contributed by atoms with E-state index in [4.69, 9.17) is 4.74 Å². The second-order valence-corrected chi connectivity index (χ2v) is 9.84. The zero-order chi connectivity index (χ0) is 23.7. The van der Waals surface area contributed by atoms with Crippen LogP contribution in [0.5, 0.6) is 0 Å². The number of hydrogen-bond acceptors (Lipinski definition) is 5. The first-order valence-electron chi connectivity index (χ1n) is 12.2. The molecule has 2 unspecified atom stereocenters. The number of rotatable bonds is 4. The van der Waals surface area contributed by atoms with Crippen LogP contribution in [0.25, 0.3) is 5.57 Å². The molecular weight excluding hydrogens is 418 g/mol. The minimum Gasteiger partial charge on any atom is -0.450 e. The molecule has 0 saturated carbocycles. The van der Waals surface area contributed by atoms with E-state index in [0.717, 1.165) is 30.6 Å². The number of hydrogen-bond donors (Lipinski definition) is 0. The van der Waals surface area contributed by atoms with E-state index in [2.05, 4.69) is 18.7 Å². The summed E-state index contributed by atoms with van der Waals surface area (Å²) in [5.74, 6) is 0.529. The summed E-state index contributed by atoms with van der Waals surface area (Å²) in [6, 6.07) is 7.64. The van der Waals surface area contributed by atoms with Gasteiger partial charge in [-0.3, -0.25) is 14.5 Å². The molecule has 0 spiro atoms. The average molecular weight is 454 g/mol. The lowest BCUT2D eigenvalue weighted by Crippen LogP contribution is -2.50. The predicted octanol–water partition coefficient (Wildman–Crippen LogP) is 3.67. The Bertz CT molecular complexity index is 937. The molecule has 3 heterocycles. The number of nitrogens with zero attached hydrogens (tertiary/aromatic N) is 3. The molecule has 1 aromatic carbocycles. The highest BCUT2D eigenvalue weighted by molar-refractivity contribution is 6.35. The van der Waals surface area contributed by atoms with E-state index in [1.165, 1.54) is 4.90 Å². The number of piperidine rings is 2. The third-order valence-electron chi connectivity index (χ3n) is 6.97. The number of likely N-dealkylation sites (tertiary alicyclic amines) is 2. The van der Waals surface area contributed by atoms with Crippen molar-refractivity contribution in [3.63, 3.8) is 0 Å². The molecule has 3 aliphatic rings. The second kappa shape index (κ2) is 9.57. The Labute approximate surface area is 196 Å². The molecule has 33 heavy (non-hydrogen) atoms. The largest absolute Gasteiger partial charge is 0.450 e. The number of ether oxygens (including phenoxy) is 1. The Hall–Kier alpha value is -2.83. The molecule has 0 radical (unpaired) electrons. The summed E-state index contributed by atoms with van der Waals surface area (Å²) in [6.45, 7) is 11.1. The van der Waals surface area contributed by atoms with Crippen molar-refractivity contribution in [2.45, 2.75) is 53.0 Å². The van der Waals surface area contributed by atoms with E-state index in [9.17, 15) is 14.4 Å². The summed E-state index contributed by atoms with van der Waals surface area (Å²) in [7, 11) is 0. The molecule has 2 atom stereocenters. The summed E-state index contributed by atoms with van der Waals surface area (Å²) in [5, 5.41) is 0. The van der Waals surface area contributed by atoms with Crippen LogP contribution in [0.2, 0.25) is 0 Å². The van der Waals surface area contributed by atoms with Crippen molar-refractivity contribution in [1.82, 2.24) is 14.7 Å². The van der Waals surface area contributed by atoms with Crippen LogP contribution in [0.3, 0.4) is 0 Å². The van der Waals surface area contributed by atoms with Gasteiger partial charge in [-0.25, -0.2) is 4.79 Å². The predicted molar refractivity (Wildman–Crippen MR) is 126 cm³/mol. The monoisotopic (exact) mass is 453 g/mol. The number of carbonyl (C=O) groups is 3. The molecule has 0 aromatic heterocycles. The summed E-state index contributed by atoms with van der Waals surface area (Å²) in [4.78, 5) is 44.9. The summed E-state index contributed by atoms with van der Waals surface area (Å²) >= 11 is 0. The molecule has 7 nitrogen and oxygen atoms in total. The van der Waals surface area contributed by atoms with Gasteiger partial charge in [0.2, 0.25) is 0 Å². The van der Waals surface area contributed by atoms with Gasteiger partial charge in [0.1, 0.15) is 5.70 Å². The molecule has 1 aromatic rings. The fraction of sp³-hybridized carbons (Fsp3) is 0.577. The average Bonchev–Trinajstić information content (AvgIpc) is 3.04. The normalized spacial score (nSPS) is 24.7. The molecule has 3 amide bonds. The van der Waals surface area contributed by atoms with E-state index < -0.39 is 0 Å². The first-order valence-corrected chi connectivity index (χ1v) is 12.2. The first-order chi connectivity index (χ1) is 15.8. The fourth-order valence-electron chi connectivity index (χ4n) is 5.51.